The molecule has 1 aromatic rings. The highest BCUT2D eigenvalue weighted by atomic mass is 35.5. The van der Waals surface area contributed by atoms with E-state index in [1.54, 1.807) is 0 Å². The zero-order valence-electron chi connectivity index (χ0n) is 10.7. The predicted octanol–water partition coefficient (Wildman–Crippen LogP) is 3.16. The van der Waals surface area contributed by atoms with Crippen molar-refractivity contribution >= 4 is 24.8 Å². The first kappa shape index (κ1) is 15.8. The third-order valence-electron chi connectivity index (χ3n) is 4.81. The lowest BCUT2D eigenvalue weighted by molar-refractivity contribution is 0.158. The number of hydrogen-bond acceptors (Lipinski definition) is 2. The Morgan fingerprint density at radius 1 is 1.17 bits per heavy atom. The fraction of sp³-hybridized carbons (Fsp3) is 0.571. The van der Waals surface area contributed by atoms with Gasteiger partial charge in [-0.25, -0.2) is 0 Å². The molecule has 0 saturated carbocycles. The first-order chi connectivity index (χ1) is 7.74. The molecule has 2 heterocycles. The van der Waals surface area contributed by atoms with Crippen LogP contribution in [0.4, 0.5) is 0 Å². The van der Waals surface area contributed by atoms with E-state index >= 15 is 0 Å². The molecular formula is C14H22Cl2N2. The van der Waals surface area contributed by atoms with Crippen LogP contribution in [0, 0.1) is 0 Å². The predicted molar refractivity (Wildman–Crippen MR) is 80.6 cm³/mol. The number of benzene rings is 1. The summed E-state index contributed by atoms with van der Waals surface area (Å²) in [6, 6.07) is 11.5. The molecule has 2 bridgehead atoms. The molecule has 3 rings (SSSR count). The summed E-state index contributed by atoms with van der Waals surface area (Å²) in [6.07, 6.45) is 5.20. The van der Waals surface area contributed by atoms with E-state index in [0.717, 1.165) is 6.04 Å². The average molecular weight is 289 g/mol. The molecule has 4 heteroatoms. The maximum absolute atomic E-state index is 6.52. The lowest BCUT2D eigenvalue weighted by atomic mass is 9.79. The minimum absolute atomic E-state index is 0. The van der Waals surface area contributed by atoms with E-state index in [0.29, 0.717) is 0 Å². The van der Waals surface area contributed by atoms with Crippen LogP contribution in [-0.2, 0) is 0 Å². The molecule has 2 fully saturated rings. The van der Waals surface area contributed by atoms with Crippen molar-refractivity contribution in [1.29, 1.82) is 0 Å². The van der Waals surface area contributed by atoms with Crippen LogP contribution in [0.15, 0.2) is 30.3 Å². The highest BCUT2D eigenvalue weighted by Crippen LogP contribution is 2.50. The molecule has 0 aromatic heterocycles. The van der Waals surface area contributed by atoms with Gasteiger partial charge in [0.2, 0.25) is 0 Å². The van der Waals surface area contributed by atoms with Gasteiger partial charge in [0, 0.05) is 17.6 Å². The van der Waals surface area contributed by atoms with Gasteiger partial charge in [0.15, 0.2) is 0 Å². The Hall–Kier alpha value is -0.280. The van der Waals surface area contributed by atoms with E-state index in [2.05, 4.69) is 42.3 Å². The Balaban J connectivity index is 0.000000810. The van der Waals surface area contributed by atoms with Gasteiger partial charge >= 0.3 is 0 Å². The summed E-state index contributed by atoms with van der Waals surface area (Å²) in [5.74, 6) is 0. The van der Waals surface area contributed by atoms with Gasteiger partial charge in [-0.05, 0) is 38.3 Å². The summed E-state index contributed by atoms with van der Waals surface area (Å²) in [5.41, 5.74) is 8.05. The fourth-order valence-corrected chi connectivity index (χ4v) is 3.71. The molecule has 2 aliphatic heterocycles. The van der Waals surface area contributed by atoms with Gasteiger partial charge in [-0.1, -0.05) is 30.3 Å². The van der Waals surface area contributed by atoms with Gasteiger partial charge in [0.1, 0.15) is 0 Å². The van der Waals surface area contributed by atoms with Crippen LogP contribution in [0.3, 0.4) is 0 Å². The monoisotopic (exact) mass is 288 g/mol. The highest BCUT2D eigenvalue weighted by Gasteiger charge is 2.53. The van der Waals surface area contributed by atoms with E-state index in [9.17, 15) is 0 Å². The smallest absolute Gasteiger partial charge is 0.0482 e. The van der Waals surface area contributed by atoms with Crippen molar-refractivity contribution in [1.82, 2.24) is 4.90 Å². The number of nitrogens with zero attached hydrogens (tertiary/aromatic N) is 1. The molecule has 0 radical (unpaired) electrons. The Morgan fingerprint density at radius 3 is 2.17 bits per heavy atom. The number of fused-ring (bicyclic) bond motifs is 2. The number of nitrogens with two attached hydrogens (primary N) is 1. The molecule has 18 heavy (non-hydrogen) atoms. The van der Waals surface area contributed by atoms with Gasteiger partial charge in [-0.2, -0.15) is 0 Å². The molecule has 2 aliphatic rings. The minimum atomic E-state index is 0. The second-order valence-electron chi connectivity index (χ2n) is 5.33. The van der Waals surface area contributed by atoms with Gasteiger partial charge in [0.05, 0.1) is 0 Å². The maximum atomic E-state index is 6.52. The molecule has 0 amide bonds. The molecule has 1 aromatic carbocycles. The van der Waals surface area contributed by atoms with E-state index in [1.807, 2.05) is 0 Å². The summed E-state index contributed by atoms with van der Waals surface area (Å²) in [4.78, 5) is 2.55. The van der Waals surface area contributed by atoms with Crippen LogP contribution in [0.2, 0.25) is 0 Å². The Labute approximate surface area is 122 Å². The molecule has 0 spiro atoms. The number of likely N-dealkylation sites (N-methyl/N-ethyl adjacent to an activating group) is 1. The van der Waals surface area contributed by atoms with E-state index < -0.39 is 0 Å². The summed E-state index contributed by atoms with van der Waals surface area (Å²) in [7, 11) is 2.26. The molecule has 1 unspecified atom stereocenters. The van der Waals surface area contributed by atoms with Crippen molar-refractivity contribution < 1.29 is 0 Å². The van der Waals surface area contributed by atoms with E-state index in [1.165, 1.54) is 31.2 Å². The summed E-state index contributed by atoms with van der Waals surface area (Å²) in [5, 5.41) is 0. The zero-order chi connectivity index (χ0) is 11.2. The average Bonchev–Trinajstić information content (AvgIpc) is 2.84. The van der Waals surface area contributed by atoms with E-state index in [-0.39, 0.29) is 36.4 Å². The van der Waals surface area contributed by atoms with Crippen LogP contribution in [-0.4, -0.2) is 23.5 Å². The zero-order valence-corrected chi connectivity index (χ0v) is 12.3. The standard InChI is InChI=1S/C14H20N2.2ClH/c1-16-12-7-9-14(16,10-8-12)13(15)11-5-3-2-4-6-11;;/h2-6,12-13H,7-10,15H2,1H3;2*1H. The van der Waals surface area contributed by atoms with Gasteiger partial charge in [-0.3, -0.25) is 4.90 Å². The van der Waals surface area contributed by atoms with Crippen molar-refractivity contribution in [3.8, 4) is 0 Å². The first-order valence-electron chi connectivity index (χ1n) is 6.27. The Bertz CT molecular complexity index is 375. The first-order valence-corrected chi connectivity index (χ1v) is 6.27. The molecular weight excluding hydrogens is 267 g/mol. The highest BCUT2D eigenvalue weighted by molar-refractivity contribution is 5.85. The maximum Gasteiger partial charge on any atom is 0.0482 e. The summed E-state index contributed by atoms with van der Waals surface area (Å²) < 4.78 is 0. The summed E-state index contributed by atoms with van der Waals surface area (Å²) in [6.45, 7) is 0. The second kappa shape index (κ2) is 5.79. The van der Waals surface area contributed by atoms with Crippen LogP contribution in [0.1, 0.15) is 37.3 Å². The normalized spacial score (nSPS) is 31.6. The molecule has 2 N–H and O–H groups in total. The van der Waals surface area contributed by atoms with Crippen molar-refractivity contribution in [2.45, 2.75) is 43.3 Å². The lowest BCUT2D eigenvalue weighted by Crippen LogP contribution is -2.47. The quantitative estimate of drug-likeness (QED) is 0.906. The molecule has 102 valence electrons. The number of rotatable bonds is 2. The van der Waals surface area contributed by atoms with Gasteiger partial charge < -0.3 is 5.73 Å². The lowest BCUT2D eigenvalue weighted by Gasteiger charge is -2.38. The molecule has 1 atom stereocenters. The fourth-order valence-electron chi connectivity index (χ4n) is 3.71. The third kappa shape index (κ3) is 2.16. The number of hydrogen-bond donors (Lipinski definition) is 1. The van der Waals surface area contributed by atoms with Crippen molar-refractivity contribution in [3.05, 3.63) is 35.9 Å². The van der Waals surface area contributed by atoms with Gasteiger partial charge in [0.25, 0.3) is 0 Å². The molecule has 2 saturated heterocycles. The molecule has 2 nitrogen and oxygen atoms in total. The minimum Gasteiger partial charge on any atom is -0.322 e. The second-order valence-corrected chi connectivity index (χ2v) is 5.33. The largest absolute Gasteiger partial charge is 0.322 e. The van der Waals surface area contributed by atoms with Crippen LogP contribution in [0.5, 0.6) is 0 Å². The number of halogens is 2. The molecule has 0 aliphatic carbocycles. The topological polar surface area (TPSA) is 29.3 Å². The van der Waals surface area contributed by atoms with Crippen molar-refractivity contribution in [2.75, 3.05) is 7.05 Å². The van der Waals surface area contributed by atoms with Gasteiger partial charge in [-0.15, -0.1) is 24.8 Å². The van der Waals surface area contributed by atoms with Crippen LogP contribution < -0.4 is 5.73 Å². The summed E-state index contributed by atoms with van der Waals surface area (Å²) >= 11 is 0. The third-order valence-corrected chi connectivity index (χ3v) is 4.81. The Morgan fingerprint density at radius 2 is 1.72 bits per heavy atom. The van der Waals surface area contributed by atoms with E-state index in [4.69, 9.17) is 5.73 Å². The van der Waals surface area contributed by atoms with Crippen LogP contribution >= 0.6 is 24.8 Å². The SMILES string of the molecule is CN1C2CCC1(C(N)c1ccccc1)CC2.Cl.Cl. The van der Waals surface area contributed by atoms with Crippen molar-refractivity contribution in [2.24, 2.45) is 5.73 Å². The van der Waals surface area contributed by atoms with Crippen molar-refractivity contribution in [3.63, 3.8) is 0 Å². The Kier molecular flexibility index (Phi) is 5.07. The van der Waals surface area contributed by atoms with Crippen LogP contribution in [0.25, 0.3) is 0 Å².